The average Bonchev–Trinajstić information content (AvgIpc) is 2.68. The molecule has 0 unspecified atom stereocenters. The van der Waals surface area contributed by atoms with Gasteiger partial charge in [-0.1, -0.05) is 12.8 Å². The summed E-state index contributed by atoms with van der Waals surface area (Å²) in [6, 6.07) is 2.60. The van der Waals surface area contributed by atoms with E-state index in [0.717, 1.165) is 6.42 Å². The van der Waals surface area contributed by atoms with Gasteiger partial charge in [0.05, 0.1) is 5.92 Å². The van der Waals surface area contributed by atoms with Gasteiger partial charge in [-0.3, -0.25) is 9.78 Å². The molecule has 1 aromatic heterocycles. The maximum Gasteiger partial charge on any atom is 0.439 e. The first kappa shape index (κ1) is 15.9. The number of carbonyl (C=O) groups is 1. The molecule has 0 aromatic carbocycles. The lowest BCUT2D eigenvalue weighted by atomic mass is 9.87. The molecular formula is C15H16F3N3O2. The quantitative estimate of drug-likeness (QED) is 0.862. The highest BCUT2D eigenvalue weighted by atomic mass is 19.4. The number of halogens is 3. The van der Waals surface area contributed by atoms with Gasteiger partial charge in [-0.25, -0.2) is 0 Å². The van der Waals surface area contributed by atoms with Crippen molar-refractivity contribution in [3.05, 3.63) is 30.1 Å². The van der Waals surface area contributed by atoms with E-state index in [2.05, 4.69) is 10.1 Å². The molecule has 23 heavy (non-hydrogen) atoms. The van der Waals surface area contributed by atoms with Crippen LogP contribution in [0.4, 0.5) is 13.2 Å². The number of hydrazone groups is 1. The van der Waals surface area contributed by atoms with E-state index in [4.69, 9.17) is 0 Å². The first-order chi connectivity index (χ1) is 10.9. The van der Waals surface area contributed by atoms with Crippen LogP contribution in [0.15, 0.2) is 29.6 Å². The highest BCUT2D eigenvalue weighted by Crippen LogP contribution is 2.47. The van der Waals surface area contributed by atoms with Crippen LogP contribution in [0.25, 0.3) is 0 Å². The number of alkyl halides is 3. The van der Waals surface area contributed by atoms with Crippen LogP contribution in [0.2, 0.25) is 0 Å². The Morgan fingerprint density at radius 3 is 2.61 bits per heavy atom. The van der Waals surface area contributed by atoms with Crippen LogP contribution in [0.1, 0.15) is 42.5 Å². The van der Waals surface area contributed by atoms with Crippen LogP contribution in [-0.4, -0.2) is 38.6 Å². The van der Waals surface area contributed by atoms with Crippen LogP contribution in [0, 0.1) is 5.92 Å². The lowest BCUT2D eigenvalue weighted by Gasteiger charge is -2.37. The zero-order chi connectivity index (χ0) is 16.7. The number of amides is 1. The minimum absolute atomic E-state index is 0.00323. The van der Waals surface area contributed by atoms with Crippen molar-refractivity contribution in [3.8, 4) is 0 Å². The van der Waals surface area contributed by atoms with Gasteiger partial charge in [-0.2, -0.15) is 23.3 Å². The molecule has 1 aliphatic heterocycles. The highest BCUT2D eigenvalue weighted by Gasteiger charge is 2.68. The third-order valence-electron chi connectivity index (χ3n) is 4.40. The lowest BCUT2D eigenvalue weighted by Crippen LogP contribution is -2.61. The maximum atomic E-state index is 13.6. The SMILES string of the molecule is O=C(c1ccncc1)N1N=C2CCCCC[C@@H]2[C@@]1(O)C(F)(F)F. The molecule has 5 nitrogen and oxygen atoms in total. The molecule has 2 heterocycles. The molecular weight excluding hydrogens is 311 g/mol. The van der Waals surface area contributed by atoms with Gasteiger partial charge in [0.15, 0.2) is 0 Å². The topological polar surface area (TPSA) is 65.8 Å². The fourth-order valence-corrected chi connectivity index (χ4v) is 3.21. The van der Waals surface area contributed by atoms with E-state index in [-0.39, 0.29) is 22.7 Å². The van der Waals surface area contributed by atoms with Gasteiger partial charge in [0.2, 0.25) is 0 Å². The standard InChI is InChI=1S/C15H16F3N3O2/c16-15(17,18)14(23)11-4-2-1-3-5-12(11)20-21(14)13(22)10-6-8-19-9-7-10/h6-9,11,23H,1-5H2/t11-,14+/m0/s1. The number of carbonyl (C=O) groups excluding carboxylic acids is 1. The molecule has 2 aliphatic rings. The van der Waals surface area contributed by atoms with Gasteiger partial charge in [0, 0.05) is 23.7 Å². The minimum Gasteiger partial charge on any atom is -0.362 e. The summed E-state index contributed by atoms with van der Waals surface area (Å²) in [7, 11) is 0. The van der Waals surface area contributed by atoms with Gasteiger partial charge in [-0.05, 0) is 31.4 Å². The Morgan fingerprint density at radius 2 is 1.96 bits per heavy atom. The molecule has 0 saturated heterocycles. The Balaban J connectivity index is 2.04. The first-order valence-electron chi connectivity index (χ1n) is 7.47. The lowest BCUT2D eigenvalue weighted by molar-refractivity contribution is -0.312. The Bertz CT molecular complexity index is 633. The van der Waals surface area contributed by atoms with Crippen molar-refractivity contribution >= 4 is 11.6 Å². The summed E-state index contributed by atoms with van der Waals surface area (Å²) >= 11 is 0. The van der Waals surface area contributed by atoms with Crippen molar-refractivity contribution < 1.29 is 23.1 Å². The Labute approximate surface area is 130 Å². The van der Waals surface area contributed by atoms with Crippen molar-refractivity contribution in [3.63, 3.8) is 0 Å². The molecule has 2 atom stereocenters. The summed E-state index contributed by atoms with van der Waals surface area (Å²) in [4.78, 5) is 16.2. The van der Waals surface area contributed by atoms with Gasteiger partial charge < -0.3 is 5.11 Å². The Hall–Kier alpha value is -1.96. The normalized spacial score (nSPS) is 28.1. The Morgan fingerprint density at radius 1 is 1.26 bits per heavy atom. The fraction of sp³-hybridized carbons (Fsp3) is 0.533. The van der Waals surface area contributed by atoms with Gasteiger partial charge >= 0.3 is 6.18 Å². The molecule has 0 radical (unpaired) electrons. The smallest absolute Gasteiger partial charge is 0.362 e. The van der Waals surface area contributed by atoms with E-state index in [0.29, 0.717) is 19.3 Å². The number of pyridine rings is 1. The summed E-state index contributed by atoms with van der Waals surface area (Å²) in [5.41, 5.74) is -3.03. The summed E-state index contributed by atoms with van der Waals surface area (Å²) in [6.45, 7) is 0. The van der Waals surface area contributed by atoms with E-state index in [1.807, 2.05) is 0 Å². The third-order valence-corrected chi connectivity index (χ3v) is 4.40. The molecule has 124 valence electrons. The Kier molecular flexibility index (Phi) is 3.87. The number of nitrogens with zero attached hydrogens (tertiary/aromatic N) is 3. The number of aliphatic hydroxyl groups is 1. The number of hydrogen-bond donors (Lipinski definition) is 1. The number of aromatic nitrogens is 1. The molecule has 0 bridgehead atoms. The van der Waals surface area contributed by atoms with Crippen molar-refractivity contribution in [2.45, 2.75) is 44.0 Å². The highest BCUT2D eigenvalue weighted by molar-refractivity contribution is 5.99. The minimum atomic E-state index is -4.99. The van der Waals surface area contributed by atoms with E-state index in [9.17, 15) is 23.1 Å². The zero-order valence-corrected chi connectivity index (χ0v) is 12.3. The van der Waals surface area contributed by atoms with E-state index in [1.165, 1.54) is 24.5 Å². The van der Waals surface area contributed by atoms with Crippen LogP contribution in [0.5, 0.6) is 0 Å². The molecule has 0 spiro atoms. The van der Waals surface area contributed by atoms with E-state index in [1.54, 1.807) is 0 Å². The molecule has 1 amide bonds. The zero-order valence-electron chi connectivity index (χ0n) is 12.3. The van der Waals surface area contributed by atoms with Crippen molar-refractivity contribution in [1.29, 1.82) is 0 Å². The molecule has 1 aliphatic carbocycles. The monoisotopic (exact) mass is 327 g/mol. The second-order valence-corrected chi connectivity index (χ2v) is 5.82. The summed E-state index contributed by atoms with van der Waals surface area (Å²) in [6.07, 6.45) is 0.220. The number of fused-ring (bicyclic) bond motifs is 1. The van der Waals surface area contributed by atoms with Crippen molar-refractivity contribution in [2.75, 3.05) is 0 Å². The van der Waals surface area contributed by atoms with Crippen molar-refractivity contribution in [2.24, 2.45) is 11.0 Å². The van der Waals surface area contributed by atoms with Crippen LogP contribution in [0.3, 0.4) is 0 Å². The summed E-state index contributed by atoms with van der Waals surface area (Å²) in [5.74, 6) is -2.18. The predicted molar refractivity (Wildman–Crippen MR) is 75.4 cm³/mol. The van der Waals surface area contributed by atoms with Crippen LogP contribution in [-0.2, 0) is 0 Å². The van der Waals surface area contributed by atoms with Gasteiger partial charge in [0.1, 0.15) is 0 Å². The van der Waals surface area contributed by atoms with Crippen molar-refractivity contribution in [1.82, 2.24) is 9.99 Å². The number of rotatable bonds is 1. The number of hydrogen-bond acceptors (Lipinski definition) is 4. The van der Waals surface area contributed by atoms with E-state index >= 15 is 0 Å². The van der Waals surface area contributed by atoms with Crippen LogP contribution >= 0.6 is 0 Å². The average molecular weight is 327 g/mol. The maximum absolute atomic E-state index is 13.6. The van der Waals surface area contributed by atoms with E-state index < -0.39 is 23.7 Å². The molecule has 1 saturated carbocycles. The third kappa shape index (κ3) is 2.50. The molecule has 1 N–H and O–H groups in total. The predicted octanol–water partition coefficient (Wildman–Crippen LogP) is 2.72. The molecule has 1 fully saturated rings. The second-order valence-electron chi connectivity index (χ2n) is 5.82. The largest absolute Gasteiger partial charge is 0.439 e. The molecule has 1 aromatic rings. The fourth-order valence-electron chi connectivity index (χ4n) is 3.21. The van der Waals surface area contributed by atoms with Gasteiger partial charge in [-0.15, -0.1) is 0 Å². The molecule has 3 rings (SSSR count). The summed E-state index contributed by atoms with van der Waals surface area (Å²) in [5, 5.41) is 14.6. The summed E-state index contributed by atoms with van der Waals surface area (Å²) < 4.78 is 40.9. The first-order valence-corrected chi connectivity index (χ1v) is 7.47. The van der Waals surface area contributed by atoms with Gasteiger partial charge in [0.25, 0.3) is 11.6 Å². The molecule has 8 heteroatoms. The van der Waals surface area contributed by atoms with Crippen LogP contribution < -0.4 is 0 Å². The second kappa shape index (κ2) is 5.59.